The quantitative estimate of drug-likeness (QED) is 0.687. The average molecular weight is 336 g/mol. The van der Waals surface area contributed by atoms with Crippen molar-refractivity contribution in [1.82, 2.24) is 0 Å². The SMILES string of the molecule is CC.CCC1(COCc2ccc(COCC3COC3)cc2)COC1. The molecule has 24 heavy (non-hydrogen) atoms. The summed E-state index contributed by atoms with van der Waals surface area (Å²) in [6.45, 7) is 12.5. The Morgan fingerprint density at radius 3 is 1.96 bits per heavy atom. The lowest BCUT2D eigenvalue weighted by Gasteiger charge is -2.40. The summed E-state index contributed by atoms with van der Waals surface area (Å²) in [7, 11) is 0. The Morgan fingerprint density at radius 2 is 1.54 bits per heavy atom. The third kappa shape index (κ3) is 5.55. The average Bonchev–Trinajstić information content (AvgIpc) is 2.55. The van der Waals surface area contributed by atoms with Crippen LogP contribution in [0.1, 0.15) is 38.3 Å². The summed E-state index contributed by atoms with van der Waals surface area (Å²) in [6.07, 6.45) is 1.12. The van der Waals surface area contributed by atoms with Crippen molar-refractivity contribution in [3.8, 4) is 0 Å². The van der Waals surface area contributed by atoms with E-state index in [2.05, 4.69) is 31.2 Å². The molecule has 1 aromatic carbocycles. The van der Waals surface area contributed by atoms with Gasteiger partial charge in [0.2, 0.25) is 0 Å². The molecule has 0 atom stereocenters. The highest BCUT2D eigenvalue weighted by Crippen LogP contribution is 2.31. The summed E-state index contributed by atoms with van der Waals surface area (Å²) in [5.74, 6) is 0.592. The Balaban J connectivity index is 0.00000100. The lowest BCUT2D eigenvalue weighted by Crippen LogP contribution is -2.45. The Hall–Kier alpha value is -0.940. The van der Waals surface area contributed by atoms with Crippen molar-refractivity contribution in [1.29, 1.82) is 0 Å². The minimum absolute atomic E-state index is 0.263. The van der Waals surface area contributed by atoms with Gasteiger partial charge in [-0.1, -0.05) is 45.0 Å². The molecule has 0 saturated carbocycles. The van der Waals surface area contributed by atoms with Crippen molar-refractivity contribution >= 4 is 0 Å². The van der Waals surface area contributed by atoms with Gasteiger partial charge in [0.15, 0.2) is 0 Å². The van der Waals surface area contributed by atoms with E-state index in [0.29, 0.717) is 19.1 Å². The molecule has 0 aliphatic carbocycles. The Labute approximate surface area is 146 Å². The van der Waals surface area contributed by atoms with Crippen LogP contribution in [0.2, 0.25) is 0 Å². The second kappa shape index (κ2) is 10.1. The van der Waals surface area contributed by atoms with Crippen molar-refractivity contribution in [2.24, 2.45) is 11.3 Å². The molecule has 0 aromatic heterocycles. The van der Waals surface area contributed by atoms with Crippen molar-refractivity contribution in [3.05, 3.63) is 35.4 Å². The molecule has 2 fully saturated rings. The van der Waals surface area contributed by atoms with E-state index in [1.54, 1.807) is 0 Å². The van der Waals surface area contributed by atoms with Crippen LogP contribution in [-0.4, -0.2) is 39.6 Å². The first-order valence-electron chi connectivity index (χ1n) is 9.18. The fourth-order valence-electron chi connectivity index (χ4n) is 2.62. The summed E-state index contributed by atoms with van der Waals surface area (Å²) < 4.78 is 22.0. The second-order valence-corrected chi connectivity index (χ2v) is 6.57. The van der Waals surface area contributed by atoms with Crippen LogP contribution in [0.15, 0.2) is 24.3 Å². The normalized spacial score (nSPS) is 19.0. The van der Waals surface area contributed by atoms with Gasteiger partial charge in [0.05, 0.1) is 52.9 Å². The molecule has 2 aliphatic heterocycles. The van der Waals surface area contributed by atoms with E-state index in [1.807, 2.05) is 13.8 Å². The topological polar surface area (TPSA) is 36.9 Å². The Morgan fingerprint density at radius 1 is 0.958 bits per heavy atom. The van der Waals surface area contributed by atoms with Crippen LogP contribution >= 0.6 is 0 Å². The molecule has 1 aromatic rings. The van der Waals surface area contributed by atoms with Crippen LogP contribution in [0.25, 0.3) is 0 Å². The second-order valence-electron chi connectivity index (χ2n) is 6.57. The molecule has 0 bridgehead atoms. The molecular weight excluding hydrogens is 304 g/mol. The van der Waals surface area contributed by atoms with E-state index in [0.717, 1.165) is 46.1 Å². The van der Waals surface area contributed by atoms with E-state index in [1.165, 1.54) is 11.1 Å². The molecule has 2 heterocycles. The molecule has 136 valence electrons. The molecule has 2 saturated heterocycles. The number of rotatable bonds is 9. The number of hydrogen-bond acceptors (Lipinski definition) is 4. The first-order valence-corrected chi connectivity index (χ1v) is 9.18. The smallest absolute Gasteiger partial charge is 0.0717 e. The fraction of sp³-hybridized carbons (Fsp3) is 0.700. The summed E-state index contributed by atoms with van der Waals surface area (Å²) in [4.78, 5) is 0. The van der Waals surface area contributed by atoms with E-state index < -0.39 is 0 Å². The predicted molar refractivity (Wildman–Crippen MR) is 95.0 cm³/mol. The first kappa shape index (κ1) is 19.4. The van der Waals surface area contributed by atoms with Gasteiger partial charge in [-0.25, -0.2) is 0 Å². The fourth-order valence-corrected chi connectivity index (χ4v) is 2.62. The third-order valence-electron chi connectivity index (χ3n) is 4.60. The molecule has 2 aliphatic rings. The lowest BCUT2D eigenvalue weighted by atomic mass is 9.84. The van der Waals surface area contributed by atoms with Crippen LogP contribution < -0.4 is 0 Å². The maximum absolute atomic E-state index is 5.87. The van der Waals surface area contributed by atoms with E-state index in [-0.39, 0.29) is 5.41 Å². The first-order chi connectivity index (χ1) is 11.8. The third-order valence-corrected chi connectivity index (χ3v) is 4.60. The van der Waals surface area contributed by atoms with Gasteiger partial charge in [-0.15, -0.1) is 0 Å². The zero-order valence-electron chi connectivity index (χ0n) is 15.4. The number of benzene rings is 1. The highest BCUT2D eigenvalue weighted by molar-refractivity contribution is 5.21. The molecule has 0 N–H and O–H groups in total. The minimum Gasteiger partial charge on any atom is -0.381 e. The predicted octanol–water partition coefficient (Wildman–Crippen LogP) is 3.82. The van der Waals surface area contributed by atoms with Crippen LogP contribution in [0, 0.1) is 11.3 Å². The van der Waals surface area contributed by atoms with Gasteiger partial charge in [-0.2, -0.15) is 0 Å². The number of hydrogen-bond donors (Lipinski definition) is 0. The van der Waals surface area contributed by atoms with Crippen LogP contribution in [0.3, 0.4) is 0 Å². The van der Waals surface area contributed by atoms with Gasteiger partial charge >= 0.3 is 0 Å². The van der Waals surface area contributed by atoms with Crippen molar-refractivity contribution in [3.63, 3.8) is 0 Å². The van der Waals surface area contributed by atoms with Crippen LogP contribution in [0.5, 0.6) is 0 Å². The van der Waals surface area contributed by atoms with Gasteiger partial charge in [0.1, 0.15) is 0 Å². The van der Waals surface area contributed by atoms with Gasteiger partial charge < -0.3 is 18.9 Å². The number of ether oxygens (including phenoxy) is 4. The maximum Gasteiger partial charge on any atom is 0.0717 e. The highest BCUT2D eigenvalue weighted by Gasteiger charge is 2.36. The molecule has 4 heteroatoms. The monoisotopic (exact) mass is 336 g/mol. The molecule has 4 nitrogen and oxygen atoms in total. The maximum atomic E-state index is 5.87. The summed E-state index contributed by atoms with van der Waals surface area (Å²) in [6, 6.07) is 8.50. The van der Waals surface area contributed by atoms with Crippen molar-refractivity contribution < 1.29 is 18.9 Å². The summed E-state index contributed by atoms with van der Waals surface area (Å²) in [5.41, 5.74) is 2.68. The Kier molecular flexibility index (Phi) is 8.19. The van der Waals surface area contributed by atoms with Gasteiger partial charge in [-0.3, -0.25) is 0 Å². The van der Waals surface area contributed by atoms with E-state index in [4.69, 9.17) is 18.9 Å². The van der Waals surface area contributed by atoms with E-state index in [9.17, 15) is 0 Å². The van der Waals surface area contributed by atoms with E-state index >= 15 is 0 Å². The molecular formula is C20H32O4. The summed E-state index contributed by atoms with van der Waals surface area (Å²) >= 11 is 0. The highest BCUT2D eigenvalue weighted by atomic mass is 16.5. The van der Waals surface area contributed by atoms with Crippen LogP contribution in [-0.2, 0) is 32.2 Å². The van der Waals surface area contributed by atoms with Crippen molar-refractivity contribution in [2.75, 3.05) is 39.6 Å². The molecule has 0 amide bonds. The van der Waals surface area contributed by atoms with Gasteiger partial charge in [0, 0.05) is 11.3 Å². The summed E-state index contributed by atoms with van der Waals surface area (Å²) in [5, 5.41) is 0. The lowest BCUT2D eigenvalue weighted by molar-refractivity contribution is -0.152. The standard InChI is InChI=1S/C18H26O4.C2H6/c1-2-18(13-22-14-18)12-21-8-16-5-3-15(4-6-16)7-19-9-17-10-20-11-17;1-2/h3-6,17H,2,7-14H2,1H3;1-2H3. The zero-order chi connectivity index (χ0) is 17.3. The molecule has 0 spiro atoms. The van der Waals surface area contributed by atoms with Gasteiger partial charge in [-0.05, 0) is 17.5 Å². The minimum atomic E-state index is 0.263. The largest absolute Gasteiger partial charge is 0.381 e. The zero-order valence-corrected chi connectivity index (χ0v) is 15.4. The Bertz CT molecular complexity index is 444. The van der Waals surface area contributed by atoms with Crippen LogP contribution in [0.4, 0.5) is 0 Å². The molecule has 0 radical (unpaired) electrons. The molecule has 0 unspecified atom stereocenters. The molecule has 3 rings (SSSR count). The van der Waals surface area contributed by atoms with Crippen molar-refractivity contribution in [2.45, 2.75) is 40.4 Å². The van der Waals surface area contributed by atoms with Gasteiger partial charge in [0.25, 0.3) is 0 Å².